The van der Waals surface area contributed by atoms with Crippen LogP contribution in [0, 0.1) is 18.3 Å². The predicted molar refractivity (Wildman–Crippen MR) is 138 cm³/mol. The number of anilines is 1. The van der Waals surface area contributed by atoms with E-state index >= 15 is 0 Å². The van der Waals surface area contributed by atoms with Crippen LogP contribution in [0.3, 0.4) is 0 Å². The van der Waals surface area contributed by atoms with Crippen molar-refractivity contribution in [3.05, 3.63) is 59.8 Å². The first-order valence-corrected chi connectivity index (χ1v) is 12.1. The van der Waals surface area contributed by atoms with Crippen LogP contribution in [-0.2, 0) is 0 Å². The van der Waals surface area contributed by atoms with E-state index in [0.29, 0.717) is 49.9 Å². The molecule has 11 heteroatoms. The van der Waals surface area contributed by atoms with E-state index in [9.17, 15) is 10.1 Å². The summed E-state index contributed by atoms with van der Waals surface area (Å²) in [6.45, 7) is 5.18. The monoisotopic (exact) mass is 503 g/mol. The highest BCUT2D eigenvalue weighted by molar-refractivity contribution is 6.33. The Bertz CT molecular complexity index is 1390. The van der Waals surface area contributed by atoms with Crippen molar-refractivity contribution in [2.24, 2.45) is 0 Å². The van der Waals surface area contributed by atoms with Gasteiger partial charge >= 0.3 is 6.03 Å². The van der Waals surface area contributed by atoms with Gasteiger partial charge in [-0.05, 0) is 24.6 Å². The fourth-order valence-corrected chi connectivity index (χ4v) is 4.79. The Labute approximate surface area is 213 Å². The van der Waals surface area contributed by atoms with Crippen LogP contribution in [0.4, 0.5) is 10.5 Å². The summed E-state index contributed by atoms with van der Waals surface area (Å²) in [5, 5.41) is 18.4. The van der Waals surface area contributed by atoms with E-state index in [1.807, 2.05) is 42.2 Å². The number of hydrogen-bond acceptors (Lipinski definition) is 6. The van der Waals surface area contributed by atoms with Crippen LogP contribution in [0.1, 0.15) is 18.0 Å². The van der Waals surface area contributed by atoms with E-state index in [1.54, 1.807) is 17.2 Å². The minimum Gasteiger partial charge on any atom is -0.346 e. The standard InChI is InChI=1S/C25H26ClN9O/c1-17-3-2-4-21(26)22(17)32-25(36)34-11-9-33(10-12-34)15-19(5-7-27)35-14-18(13-31-35)23-20-6-8-28-24(20)30-16-29-23/h2-4,6,8,13-14,16,19H,5,9-12,15H2,1H3,(H,32,36)(H,28,29,30). The van der Waals surface area contributed by atoms with Crippen LogP contribution >= 0.6 is 11.6 Å². The lowest BCUT2D eigenvalue weighted by Gasteiger charge is -2.36. The first-order chi connectivity index (χ1) is 17.5. The number of hydrogen-bond donors (Lipinski definition) is 2. The Kier molecular flexibility index (Phi) is 6.84. The molecular weight excluding hydrogens is 478 g/mol. The maximum atomic E-state index is 12.8. The number of urea groups is 1. The van der Waals surface area contributed by atoms with Gasteiger partial charge in [0, 0.05) is 56.1 Å². The van der Waals surface area contributed by atoms with Gasteiger partial charge in [-0.15, -0.1) is 0 Å². The van der Waals surface area contributed by atoms with Gasteiger partial charge in [0.2, 0.25) is 0 Å². The summed E-state index contributed by atoms with van der Waals surface area (Å²) in [6, 6.07) is 9.51. The molecule has 4 heterocycles. The third kappa shape index (κ3) is 4.89. The van der Waals surface area contributed by atoms with E-state index < -0.39 is 0 Å². The van der Waals surface area contributed by atoms with Crippen molar-refractivity contribution >= 4 is 34.4 Å². The van der Waals surface area contributed by atoms with Gasteiger partial charge in [0.1, 0.15) is 12.0 Å². The number of amides is 2. The van der Waals surface area contributed by atoms with Gasteiger partial charge in [-0.1, -0.05) is 23.7 Å². The molecule has 36 heavy (non-hydrogen) atoms. The molecule has 3 aromatic heterocycles. The molecular formula is C25H26ClN9O. The second-order valence-electron chi connectivity index (χ2n) is 8.84. The molecule has 10 nitrogen and oxygen atoms in total. The summed E-state index contributed by atoms with van der Waals surface area (Å²) >= 11 is 6.26. The molecule has 0 saturated carbocycles. The molecule has 1 aliphatic rings. The molecule has 5 rings (SSSR count). The molecule has 1 unspecified atom stereocenters. The number of halogens is 1. The molecule has 1 aromatic carbocycles. The molecule has 0 bridgehead atoms. The number of piperazine rings is 1. The third-order valence-corrected chi connectivity index (χ3v) is 6.83. The van der Waals surface area contributed by atoms with E-state index in [1.165, 1.54) is 6.33 Å². The summed E-state index contributed by atoms with van der Waals surface area (Å²) in [7, 11) is 0. The number of aromatic nitrogens is 5. The van der Waals surface area contributed by atoms with Crippen LogP contribution in [0.2, 0.25) is 5.02 Å². The maximum absolute atomic E-state index is 12.8. The van der Waals surface area contributed by atoms with E-state index in [0.717, 1.165) is 27.9 Å². The van der Waals surface area contributed by atoms with Crippen molar-refractivity contribution in [3.8, 4) is 17.3 Å². The molecule has 2 amide bonds. The average molecular weight is 504 g/mol. The number of benzene rings is 1. The van der Waals surface area contributed by atoms with Crippen molar-refractivity contribution < 1.29 is 4.79 Å². The summed E-state index contributed by atoms with van der Waals surface area (Å²) in [5.41, 5.74) is 4.02. The third-order valence-electron chi connectivity index (χ3n) is 6.51. The normalized spacial score (nSPS) is 15.1. The zero-order valence-corrected chi connectivity index (χ0v) is 20.6. The minimum absolute atomic E-state index is 0.113. The van der Waals surface area contributed by atoms with Gasteiger partial charge in [-0.3, -0.25) is 9.58 Å². The Morgan fingerprint density at radius 3 is 2.86 bits per heavy atom. The Morgan fingerprint density at radius 2 is 2.08 bits per heavy atom. The number of carbonyl (C=O) groups excluding carboxylic acids is 1. The van der Waals surface area contributed by atoms with E-state index in [4.69, 9.17) is 11.6 Å². The van der Waals surface area contributed by atoms with Gasteiger partial charge < -0.3 is 15.2 Å². The predicted octanol–water partition coefficient (Wildman–Crippen LogP) is 4.09. The first-order valence-electron chi connectivity index (χ1n) is 11.8. The van der Waals surface area contributed by atoms with E-state index in [2.05, 4.69) is 36.3 Å². The van der Waals surface area contributed by atoms with Crippen molar-refractivity contribution in [3.63, 3.8) is 0 Å². The van der Waals surface area contributed by atoms with Gasteiger partial charge in [-0.2, -0.15) is 10.4 Å². The van der Waals surface area contributed by atoms with Crippen molar-refractivity contribution in [2.75, 3.05) is 38.0 Å². The van der Waals surface area contributed by atoms with Gasteiger partial charge in [0.15, 0.2) is 0 Å². The van der Waals surface area contributed by atoms with Crippen LogP contribution in [0.25, 0.3) is 22.3 Å². The highest BCUT2D eigenvalue weighted by Crippen LogP contribution is 2.27. The SMILES string of the molecule is Cc1cccc(Cl)c1NC(=O)N1CCN(CC(CC#N)n2cc(-c3ncnc4[nH]ccc34)cn2)CC1. The minimum atomic E-state index is -0.155. The fraction of sp³-hybridized carbons (Fsp3) is 0.320. The summed E-state index contributed by atoms with van der Waals surface area (Å²) in [6.07, 6.45) is 7.41. The van der Waals surface area contributed by atoms with Crippen LogP contribution in [0.5, 0.6) is 0 Å². The number of nitrogens with one attached hydrogen (secondary N) is 2. The van der Waals surface area contributed by atoms with E-state index in [-0.39, 0.29) is 12.1 Å². The van der Waals surface area contributed by atoms with Crippen LogP contribution in [-0.4, -0.2) is 73.3 Å². The largest absolute Gasteiger partial charge is 0.346 e. The number of para-hydroxylation sites is 1. The van der Waals surface area contributed by atoms with Crippen molar-refractivity contribution in [2.45, 2.75) is 19.4 Å². The van der Waals surface area contributed by atoms with Crippen LogP contribution < -0.4 is 5.32 Å². The molecule has 1 aliphatic heterocycles. The Morgan fingerprint density at radius 1 is 1.25 bits per heavy atom. The average Bonchev–Trinajstić information content (AvgIpc) is 3.56. The van der Waals surface area contributed by atoms with Gasteiger partial charge in [0.25, 0.3) is 0 Å². The maximum Gasteiger partial charge on any atom is 0.321 e. The summed E-state index contributed by atoms with van der Waals surface area (Å²) < 4.78 is 1.85. The molecule has 1 atom stereocenters. The number of aromatic amines is 1. The second kappa shape index (κ2) is 10.4. The smallest absolute Gasteiger partial charge is 0.321 e. The van der Waals surface area contributed by atoms with Gasteiger partial charge in [0.05, 0.1) is 41.1 Å². The quantitative estimate of drug-likeness (QED) is 0.409. The zero-order chi connectivity index (χ0) is 25.1. The number of aryl methyl sites for hydroxylation is 1. The highest BCUT2D eigenvalue weighted by Gasteiger charge is 2.25. The number of H-pyrrole nitrogens is 1. The summed E-state index contributed by atoms with van der Waals surface area (Å²) in [5.74, 6) is 0. The van der Waals surface area contributed by atoms with Crippen LogP contribution in [0.15, 0.2) is 49.2 Å². The first kappa shape index (κ1) is 23.8. The molecule has 0 spiro atoms. The molecule has 1 saturated heterocycles. The lowest BCUT2D eigenvalue weighted by atomic mass is 10.1. The molecule has 0 radical (unpaired) electrons. The molecule has 4 aromatic rings. The lowest BCUT2D eigenvalue weighted by Crippen LogP contribution is -2.51. The highest BCUT2D eigenvalue weighted by atomic mass is 35.5. The fourth-order valence-electron chi connectivity index (χ4n) is 4.52. The number of fused-ring (bicyclic) bond motifs is 1. The molecule has 0 aliphatic carbocycles. The number of rotatable bonds is 6. The van der Waals surface area contributed by atoms with Crippen molar-refractivity contribution in [1.82, 2.24) is 34.5 Å². The number of carbonyl (C=O) groups is 1. The zero-order valence-electron chi connectivity index (χ0n) is 19.9. The molecule has 2 N–H and O–H groups in total. The number of nitrogens with zero attached hydrogens (tertiary/aromatic N) is 7. The molecule has 184 valence electrons. The lowest BCUT2D eigenvalue weighted by molar-refractivity contribution is 0.133. The van der Waals surface area contributed by atoms with Crippen molar-refractivity contribution in [1.29, 1.82) is 5.26 Å². The second-order valence-corrected chi connectivity index (χ2v) is 9.24. The Hall–Kier alpha value is -3.94. The topological polar surface area (TPSA) is 119 Å². The number of nitriles is 1. The Balaban J connectivity index is 1.22. The van der Waals surface area contributed by atoms with Gasteiger partial charge in [-0.25, -0.2) is 14.8 Å². The summed E-state index contributed by atoms with van der Waals surface area (Å²) in [4.78, 5) is 28.6. The molecule has 1 fully saturated rings.